The number of aromatic carboxylic acids is 1. The number of ether oxygens (including phenoxy) is 2. The lowest BCUT2D eigenvalue weighted by atomic mass is 9.77. The molecule has 0 atom stereocenters. The normalized spacial score (nSPS) is 15.3. The van der Waals surface area contributed by atoms with Gasteiger partial charge in [0.05, 0.1) is 43.0 Å². The average molecular weight is 926 g/mol. The van der Waals surface area contributed by atoms with Crippen LogP contribution in [0.25, 0.3) is 22.8 Å². The lowest BCUT2D eigenvalue weighted by Crippen LogP contribution is -2.48. The number of carbonyl (C=O) groups is 2. The number of nitrogens with zero attached hydrogens (tertiary/aromatic N) is 7. The predicted octanol–water partition coefficient (Wildman–Crippen LogP) is 9.22. The first-order chi connectivity index (χ1) is 31.6. The first kappa shape index (κ1) is 49.4. The molecule has 348 valence electrons. The van der Waals surface area contributed by atoms with Gasteiger partial charge in [-0.3, -0.25) is 15.0 Å². The number of nitriles is 2. The van der Waals surface area contributed by atoms with Crippen molar-refractivity contribution in [3.05, 3.63) is 128 Å². The summed E-state index contributed by atoms with van der Waals surface area (Å²) in [6, 6.07) is 28.1. The zero-order valence-electron chi connectivity index (χ0n) is 37.4. The Labute approximate surface area is 397 Å². The van der Waals surface area contributed by atoms with Crippen LogP contribution in [0.5, 0.6) is 12.0 Å². The number of carboxylic acid groups (broad SMARTS) is 1. The summed E-state index contributed by atoms with van der Waals surface area (Å²) in [5.74, 6) is 2.23. The number of halogens is 1. The molecule has 2 aliphatic carbocycles. The van der Waals surface area contributed by atoms with Crippen LogP contribution in [0.3, 0.4) is 0 Å². The van der Waals surface area contributed by atoms with E-state index in [0.717, 1.165) is 72.2 Å². The van der Waals surface area contributed by atoms with E-state index in [2.05, 4.69) is 53.9 Å². The van der Waals surface area contributed by atoms with Gasteiger partial charge in [0.1, 0.15) is 0 Å². The van der Waals surface area contributed by atoms with Crippen LogP contribution in [0.2, 0.25) is 0 Å². The molecule has 4 aromatic carbocycles. The Morgan fingerprint density at radius 2 is 1.10 bits per heavy atom. The van der Waals surface area contributed by atoms with Crippen molar-refractivity contribution in [1.29, 1.82) is 10.5 Å². The summed E-state index contributed by atoms with van der Waals surface area (Å²) in [5.41, 5.74) is 10.8. The maximum absolute atomic E-state index is 13.3. The molecule has 4 N–H and O–H groups in total. The Balaban J connectivity index is 0.000000182. The minimum atomic E-state index is -0.930. The number of likely N-dealkylation sites (tertiary alicyclic amines) is 1. The quantitative estimate of drug-likeness (QED) is 0.101. The number of aromatic amines is 2. The number of nitrogens with one attached hydrogen (secondary N) is 3. The van der Waals surface area contributed by atoms with Gasteiger partial charge in [-0.25, -0.2) is 4.79 Å². The first-order valence-corrected chi connectivity index (χ1v) is 22.0. The minimum Gasteiger partial charge on any atom is -0.478 e. The van der Waals surface area contributed by atoms with Crippen molar-refractivity contribution in [3.63, 3.8) is 0 Å². The number of amides is 1. The molecule has 1 amide bonds. The zero-order valence-corrected chi connectivity index (χ0v) is 38.2. The fourth-order valence-electron chi connectivity index (χ4n) is 8.57. The summed E-state index contributed by atoms with van der Waals surface area (Å²) in [7, 11) is 3.04. The van der Waals surface area contributed by atoms with E-state index in [-0.39, 0.29) is 31.8 Å². The molecule has 0 bridgehead atoms. The molecule has 0 radical (unpaired) electrons. The van der Waals surface area contributed by atoms with Gasteiger partial charge in [0.15, 0.2) is 11.6 Å². The van der Waals surface area contributed by atoms with E-state index in [1.54, 1.807) is 6.07 Å². The molecule has 0 unspecified atom stereocenters. The number of aryl methyl sites for hydroxylation is 2. The molecular formula is C51H57ClN10O5. The molecule has 4 heterocycles. The van der Waals surface area contributed by atoms with E-state index < -0.39 is 5.97 Å². The molecule has 2 saturated carbocycles. The smallest absolute Gasteiger partial charge is 0.335 e. The highest BCUT2D eigenvalue weighted by Crippen LogP contribution is 2.43. The van der Waals surface area contributed by atoms with Crippen molar-refractivity contribution >= 4 is 24.3 Å². The van der Waals surface area contributed by atoms with Crippen LogP contribution < -0.4 is 14.8 Å². The van der Waals surface area contributed by atoms with Crippen LogP contribution in [0.4, 0.5) is 0 Å². The summed E-state index contributed by atoms with van der Waals surface area (Å²) in [6.45, 7) is 7.35. The van der Waals surface area contributed by atoms with Gasteiger partial charge in [0, 0.05) is 54.7 Å². The predicted molar refractivity (Wildman–Crippen MR) is 257 cm³/mol. The Kier molecular flexibility index (Phi) is 16.2. The van der Waals surface area contributed by atoms with Crippen molar-refractivity contribution in [2.24, 2.45) is 0 Å². The number of hydrogen-bond donors (Lipinski definition) is 4. The third-order valence-electron chi connectivity index (χ3n) is 13.1. The fraction of sp³-hybridized carbons (Fsp3) is 0.373. The van der Waals surface area contributed by atoms with E-state index >= 15 is 0 Å². The van der Waals surface area contributed by atoms with Gasteiger partial charge in [-0.2, -0.15) is 20.5 Å². The number of methoxy groups -OCH3 is 2. The van der Waals surface area contributed by atoms with E-state index in [9.17, 15) is 14.7 Å². The van der Waals surface area contributed by atoms with Gasteiger partial charge < -0.3 is 24.8 Å². The number of H-pyrrole nitrogens is 2. The highest BCUT2D eigenvalue weighted by atomic mass is 35.5. The molecule has 6 aromatic rings. The molecule has 4 fully saturated rings. The summed E-state index contributed by atoms with van der Waals surface area (Å²) in [6.07, 6.45) is 7.01. The summed E-state index contributed by atoms with van der Waals surface area (Å²) in [4.78, 5) is 35.3. The van der Waals surface area contributed by atoms with Crippen molar-refractivity contribution in [3.8, 4) is 46.9 Å². The molecular weight excluding hydrogens is 868 g/mol. The zero-order chi connectivity index (χ0) is 45.6. The molecule has 2 aliphatic heterocycles. The Morgan fingerprint density at radius 1 is 0.672 bits per heavy atom. The van der Waals surface area contributed by atoms with Gasteiger partial charge in [-0.1, -0.05) is 56.7 Å². The molecule has 4 aliphatic rings. The van der Waals surface area contributed by atoms with E-state index in [0.29, 0.717) is 71.1 Å². The second-order valence-corrected chi connectivity index (χ2v) is 17.1. The van der Waals surface area contributed by atoms with Crippen molar-refractivity contribution in [2.45, 2.75) is 83.5 Å². The maximum Gasteiger partial charge on any atom is 0.335 e. The topological polar surface area (TPSA) is 219 Å². The van der Waals surface area contributed by atoms with Crippen LogP contribution in [0.15, 0.2) is 72.8 Å². The van der Waals surface area contributed by atoms with Crippen LogP contribution in [0, 0.1) is 36.5 Å². The van der Waals surface area contributed by atoms with E-state index in [1.807, 2.05) is 79.4 Å². The second kappa shape index (κ2) is 21.9. The Hall–Kier alpha value is -7.07. The molecule has 0 spiro atoms. The van der Waals surface area contributed by atoms with Crippen LogP contribution in [-0.4, -0.2) is 92.6 Å². The number of hydrogen-bond acceptors (Lipinski definition) is 11. The van der Waals surface area contributed by atoms with Gasteiger partial charge >= 0.3 is 18.0 Å². The standard InChI is InChI=1S/C25H25N5O2.C15H17N3O3.C10H10N2.CH4.ClH/c1-15-10-21(18-4-3-5-18)22(23-27-25(32-2)29-28-23)11-20(15)24(31)30-13-19(14-30)17-8-6-16(12-26)7-9-17;1-8-6-11(9-4-3-5-9)12(7-10(8)14(19)20)13-16-15(21-2)18-17-13;11-5-8-1-3-9(4-2-8)10-6-12-7-10;;/h6-11,18-19H,3-5,13-14H2,1-2H3,(H,27,28,29);6-7,9H,3-5H2,1-2H3,(H,19,20)(H,16,17,18);1-4,10,12H,6-7H2;1H4;1H. The SMILES string of the molecule is C.COc1n[nH]c(-c2cc(C(=O)N3CC(c4ccc(C#N)cc4)C3)c(C)cc2C2CCC2)n1.COc1n[nH]c(-c2cc(C(=O)O)c(C)cc2C2CCC2)n1.Cl.N#Cc1ccc(C2CNC2)cc1. The molecule has 2 saturated heterocycles. The number of carbonyl (C=O) groups excluding carboxylic acids is 1. The molecule has 67 heavy (non-hydrogen) atoms. The fourth-order valence-corrected chi connectivity index (χ4v) is 8.57. The lowest BCUT2D eigenvalue weighted by Gasteiger charge is -2.40. The van der Waals surface area contributed by atoms with Crippen molar-refractivity contribution in [1.82, 2.24) is 40.6 Å². The van der Waals surface area contributed by atoms with Gasteiger partial charge in [-0.15, -0.1) is 22.6 Å². The minimum absolute atomic E-state index is 0. The summed E-state index contributed by atoms with van der Waals surface area (Å²) >= 11 is 0. The third kappa shape index (κ3) is 10.8. The second-order valence-electron chi connectivity index (χ2n) is 17.1. The first-order valence-electron chi connectivity index (χ1n) is 22.0. The third-order valence-corrected chi connectivity index (χ3v) is 13.1. The van der Waals surface area contributed by atoms with E-state index in [1.165, 1.54) is 43.8 Å². The Bertz CT molecular complexity index is 2760. The van der Waals surface area contributed by atoms with Crippen molar-refractivity contribution < 1.29 is 24.2 Å². The monoisotopic (exact) mass is 924 g/mol. The van der Waals surface area contributed by atoms with Crippen LogP contribution in [0.1, 0.15) is 135 Å². The largest absolute Gasteiger partial charge is 0.478 e. The lowest BCUT2D eigenvalue weighted by molar-refractivity contribution is 0.0601. The van der Waals surface area contributed by atoms with Gasteiger partial charge in [0.25, 0.3) is 5.91 Å². The number of benzene rings is 4. The molecule has 15 nitrogen and oxygen atoms in total. The van der Waals surface area contributed by atoms with E-state index in [4.69, 9.17) is 20.0 Å². The summed E-state index contributed by atoms with van der Waals surface area (Å²) in [5, 5.41) is 43.9. The molecule has 16 heteroatoms. The van der Waals surface area contributed by atoms with Crippen molar-refractivity contribution in [2.75, 3.05) is 40.4 Å². The molecule has 2 aromatic heterocycles. The maximum atomic E-state index is 13.3. The number of carboxylic acids is 1. The number of rotatable bonds is 10. The van der Waals surface area contributed by atoms with Gasteiger partial charge in [0.2, 0.25) is 0 Å². The van der Waals surface area contributed by atoms with Gasteiger partial charge in [-0.05, 0) is 121 Å². The molecule has 10 rings (SSSR count). The number of aromatic nitrogens is 6. The van der Waals surface area contributed by atoms with Crippen LogP contribution in [-0.2, 0) is 0 Å². The highest BCUT2D eigenvalue weighted by Gasteiger charge is 2.34. The average Bonchev–Trinajstić information content (AvgIpc) is 3.93. The summed E-state index contributed by atoms with van der Waals surface area (Å²) < 4.78 is 10.1. The Morgan fingerprint density at radius 3 is 1.46 bits per heavy atom. The van der Waals surface area contributed by atoms with Crippen LogP contribution >= 0.6 is 12.4 Å². The highest BCUT2D eigenvalue weighted by molar-refractivity contribution is 5.98.